The lowest BCUT2D eigenvalue weighted by Gasteiger charge is -2.10. The van der Waals surface area contributed by atoms with Crippen LogP contribution in [0.3, 0.4) is 0 Å². The monoisotopic (exact) mass is 418 g/mol. The first-order valence-electron chi connectivity index (χ1n) is 9.65. The van der Waals surface area contributed by atoms with Gasteiger partial charge in [0, 0.05) is 23.7 Å². The molecule has 0 atom stereocenters. The van der Waals surface area contributed by atoms with Crippen molar-refractivity contribution in [2.24, 2.45) is 0 Å². The number of benzene rings is 3. The predicted molar refractivity (Wildman–Crippen MR) is 117 cm³/mol. The van der Waals surface area contributed by atoms with Gasteiger partial charge >= 0.3 is 0 Å². The van der Waals surface area contributed by atoms with Crippen LogP contribution in [0.25, 0.3) is 22.6 Å². The lowest BCUT2D eigenvalue weighted by molar-refractivity contribution is 0.0950. The molecular weight excluding hydrogens is 396 g/mol. The first kappa shape index (κ1) is 20.3. The number of nitrogens with one attached hydrogen (secondary N) is 1. The molecule has 0 aliphatic rings. The zero-order valence-electron chi connectivity index (χ0n) is 17.5. The van der Waals surface area contributed by atoms with Crippen LogP contribution in [0.1, 0.15) is 15.9 Å². The molecule has 4 rings (SSSR count). The standard InChI is InChI=1S/C24H22N2O5/c1-28-18-9-11-20-19(13-18)26-24(31-20)16-6-4-15(5-7-16)14-25-23(27)17-8-10-21(29-2)22(12-17)30-3/h4-13H,14H2,1-3H3,(H,25,27). The van der Waals surface area contributed by atoms with Gasteiger partial charge in [-0.2, -0.15) is 0 Å². The Kier molecular flexibility index (Phi) is 5.75. The van der Waals surface area contributed by atoms with Gasteiger partial charge in [-0.05, 0) is 48.0 Å². The molecule has 158 valence electrons. The van der Waals surface area contributed by atoms with Crippen LogP contribution in [0.5, 0.6) is 17.2 Å². The quantitative estimate of drug-likeness (QED) is 0.477. The van der Waals surface area contributed by atoms with Gasteiger partial charge in [-0.1, -0.05) is 12.1 Å². The third-order valence-corrected chi connectivity index (χ3v) is 4.89. The number of hydrogen-bond donors (Lipinski definition) is 1. The number of ether oxygens (including phenoxy) is 3. The van der Waals surface area contributed by atoms with Gasteiger partial charge in [0.2, 0.25) is 5.89 Å². The number of nitrogens with zero attached hydrogens (tertiary/aromatic N) is 1. The van der Waals surface area contributed by atoms with Crippen LogP contribution in [0.2, 0.25) is 0 Å². The molecule has 7 nitrogen and oxygen atoms in total. The van der Waals surface area contributed by atoms with Gasteiger partial charge in [0.05, 0.1) is 21.3 Å². The van der Waals surface area contributed by atoms with Gasteiger partial charge in [0.1, 0.15) is 11.3 Å². The number of rotatable bonds is 7. The van der Waals surface area contributed by atoms with Crippen LogP contribution in [-0.2, 0) is 6.54 Å². The Hall–Kier alpha value is -4.00. The van der Waals surface area contributed by atoms with Crippen LogP contribution >= 0.6 is 0 Å². The van der Waals surface area contributed by atoms with Gasteiger partial charge in [-0.25, -0.2) is 4.98 Å². The maximum atomic E-state index is 12.5. The first-order valence-corrected chi connectivity index (χ1v) is 9.65. The molecule has 1 N–H and O–H groups in total. The minimum atomic E-state index is -0.196. The smallest absolute Gasteiger partial charge is 0.251 e. The summed E-state index contributed by atoms with van der Waals surface area (Å²) in [6.07, 6.45) is 0. The highest BCUT2D eigenvalue weighted by molar-refractivity contribution is 5.94. The summed E-state index contributed by atoms with van der Waals surface area (Å²) in [7, 11) is 4.71. The van der Waals surface area contributed by atoms with E-state index in [2.05, 4.69) is 10.3 Å². The van der Waals surface area contributed by atoms with Crippen LogP contribution < -0.4 is 19.5 Å². The Bertz CT molecular complexity index is 1210. The SMILES string of the molecule is COc1ccc2oc(-c3ccc(CNC(=O)c4ccc(OC)c(OC)c4)cc3)nc2c1. The third-order valence-electron chi connectivity index (χ3n) is 4.89. The zero-order chi connectivity index (χ0) is 21.8. The Labute approximate surface area is 179 Å². The minimum absolute atomic E-state index is 0.196. The van der Waals surface area contributed by atoms with Crippen LogP contribution in [0.4, 0.5) is 0 Å². The Morgan fingerprint density at radius 1 is 0.903 bits per heavy atom. The Morgan fingerprint density at radius 3 is 2.39 bits per heavy atom. The topological polar surface area (TPSA) is 82.8 Å². The number of methoxy groups -OCH3 is 3. The molecule has 7 heteroatoms. The van der Waals surface area contributed by atoms with Crippen molar-refractivity contribution in [3.8, 4) is 28.7 Å². The first-order chi connectivity index (χ1) is 15.1. The van der Waals surface area contributed by atoms with Gasteiger partial charge in [-0.3, -0.25) is 4.79 Å². The third kappa shape index (κ3) is 4.30. The lowest BCUT2D eigenvalue weighted by Crippen LogP contribution is -2.22. The van der Waals surface area contributed by atoms with Crippen LogP contribution in [0, 0.1) is 0 Å². The second kappa shape index (κ2) is 8.79. The number of oxazole rings is 1. The summed E-state index contributed by atoms with van der Waals surface area (Å²) in [5, 5.41) is 2.91. The predicted octanol–water partition coefficient (Wildman–Crippen LogP) is 4.45. The van der Waals surface area contributed by atoms with E-state index in [9.17, 15) is 4.79 Å². The van der Waals surface area contributed by atoms with E-state index < -0.39 is 0 Å². The molecule has 3 aromatic carbocycles. The highest BCUT2D eigenvalue weighted by Crippen LogP contribution is 2.28. The van der Waals surface area contributed by atoms with Crippen LogP contribution in [0.15, 0.2) is 65.1 Å². The van der Waals surface area contributed by atoms with Gasteiger partial charge in [-0.15, -0.1) is 0 Å². The zero-order valence-corrected chi connectivity index (χ0v) is 17.5. The van der Waals surface area contributed by atoms with Crippen molar-refractivity contribution in [2.75, 3.05) is 21.3 Å². The minimum Gasteiger partial charge on any atom is -0.497 e. The summed E-state index contributed by atoms with van der Waals surface area (Å²) in [6.45, 7) is 0.387. The highest BCUT2D eigenvalue weighted by atomic mass is 16.5. The molecule has 0 bridgehead atoms. The molecule has 31 heavy (non-hydrogen) atoms. The van der Waals surface area contributed by atoms with E-state index in [1.54, 1.807) is 32.4 Å². The summed E-state index contributed by atoms with van der Waals surface area (Å²) in [5.41, 5.74) is 3.74. The fourth-order valence-electron chi connectivity index (χ4n) is 3.18. The average Bonchev–Trinajstić information content (AvgIpc) is 3.25. The summed E-state index contributed by atoms with van der Waals surface area (Å²) in [4.78, 5) is 17.0. The number of fused-ring (bicyclic) bond motifs is 1. The van der Waals surface area contributed by atoms with Crippen molar-refractivity contribution in [1.29, 1.82) is 0 Å². The molecule has 1 aromatic heterocycles. The van der Waals surface area contributed by atoms with Crippen LogP contribution in [-0.4, -0.2) is 32.2 Å². The number of carbonyl (C=O) groups is 1. The molecule has 0 fully saturated rings. The van der Waals surface area contributed by atoms with Crippen molar-refractivity contribution in [3.05, 3.63) is 71.8 Å². The van der Waals surface area contributed by atoms with Crippen molar-refractivity contribution in [1.82, 2.24) is 10.3 Å². The Morgan fingerprint density at radius 2 is 1.68 bits per heavy atom. The molecule has 0 unspecified atom stereocenters. The second-order valence-corrected chi connectivity index (χ2v) is 6.80. The molecule has 0 radical (unpaired) electrons. The molecule has 0 saturated carbocycles. The van der Waals surface area contributed by atoms with Crippen molar-refractivity contribution in [2.45, 2.75) is 6.54 Å². The summed E-state index contributed by atoms with van der Waals surface area (Å²) < 4.78 is 21.5. The molecular formula is C24H22N2O5. The fraction of sp³-hybridized carbons (Fsp3) is 0.167. The van der Waals surface area contributed by atoms with E-state index >= 15 is 0 Å². The number of amides is 1. The summed E-state index contributed by atoms with van der Waals surface area (Å²) in [5.74, 6) is 2.15. The largest absolute Gasteiger partial charge is 0.497 e. The summed E-state index contributed by atoms with van der Waals surface area (Å²) >= 11 is 0. The molecule has 1 amide bonds. The molecule has 4 aromatic rings. The van der Waals surface area contributed by atoms with Gasteiger partial charge in [0.15, 0.2) is 17.1 Å². The second-order valence-electron chi connectivity index (χ2n) is 6.80. The van der Waals surface area contributed by atoms with Gasteiger partial charge < -0.3 is 23.9 Å². The number of carbonyl (C=O) groups excluding carboxylic acids is 1. The van der Waals surface area contributed by atoms with Crippen molar-refractivity contribution in [3.63, 3.8) is 0 Å². The van der Waals surface area contributed by atoms with Crippen molar-refractivity contribution < 1.29 is 23.4 Å². The molecule has 1 heterocycles. The lowest BCUT2D eigenvalue weighted by atomic mass is 10.1. The maximum Gasteiger partial charge on any atom is 0.251 e. The van der Waals surface area contributed by atoms with E-state index in [0.29, 0.717) is 35.1 Å². The maximum absolute atomic E-state index is 12.5. The van der Waals surface area contributed by atoms with E-state index in [1.165, 1.54) is 7.11 Å². The molecule has 0 aliphatic carbocycles. The molecule has 0 saturated heterocycles. The summed E-state index contributed by atoms with van der Waals surface area (Å²) in [6, 6.07) is 18.3. The Balaban J connectivity index is 1.43. The normalized spacial score (nSPS) is 10.7. The van der Waals surface area contributed by atoms with Gasteiger partial charge in [0.25, 0.3) is 5.91 Å². The average molecular weight is 418 g/mol. The van der Waals surface area contributed by atoms with Crippen molar-refractivity contribution >= 4 is 17.0 Å². The fourth-order valence-corrected chi connectivity index (χ4v) is 3.18. The molecule has 0 aliphatic heterocycles. The number of hydrogen-bond acceptors (Lipinski definition) is 6. The van der Waals surface area contributed by atoms with E-state index in [-0.39, 0.29) is 5.91 Å². The number of aromatic nitrogens is 1. The van der Waals surface area contributed by atoms with E-state index in [0.717, 1.165) is 22.4 Å². The van der Waals surface area contributed by atoms with E-state index in [1.807, 2.05) is 42.5 Å². The van der Waals surface area contributed by atoms with E-state index in [4.69, 9.17) is 18.6 Å². The highest BCUT2D eigenvalue weighted by Gasteiger charge is 2.12. The molecule has 0 spiro atoms.